The smallest absolute Gasteiger partial charge is 0.308 e. The summed E-state index contributed by atoms with van der Waals surface area (Å²) in [5.74, 6) is 1.18. The topological polar surface area (TPSA) is 35.5 Å². The molecule has 0 unspecified atom stereocenters. The zero-order valence-electron chi connectivity index (χ0n) is 14.3. The van der Waals surface area contributed by atoms with Crippen LogP contribution in [0.25, 0.3) is 0 Å². The van der Waals surface area contributed by atoms with E-state index in [0.717, 1.165) is 18.6 Å². The molecule has 2 aromatic carbocycles. The van der Waals surface area contributed by atoms with Crippen molar-refractivity contribution in [3.8, 4) is 11.5 Å². The first-order chi connectivity index (χ1) is 10.9. The van der Waals surface area contributed by atoms with Crippen molar-refractivity contribution in [1.29, 1.82) is 0 Å². The lowest BCUT2D eigenvalue weighted by atomic mass is 9.80. The molecule has 0 spiro atoms. The summed E-state index contributed by atoms with van der Waals surface area (Å²) in [6.45, 7) is 5.93. The molecule has 0 atom stereocenters. The van der Waals surface area contributed by atoms with Crippen LogP contribution >= 0.6 is 0 Å². The van der Waals surface area contributed by atoms with Gasteiger partial charge in [0.05, 0.1) is 7.11 Å². The number of ether oxygens (including phenoxy) is 2. The lowest BCUT2D eigenvalue weighted by molar-refractivity contribution is -0.131. The van der Waals surface area contributed by atoms with Gasteiger partial charge in [0.15, 0.2) is 0 Å². The van der Waals surface area contributed by atoms with Gasteiger partial charge < -0.3 is 9.47 Å². The molecule has 0 fully saturated rings. The molecule has 122 valence electrons. The molecule has 0 aliphatic rings. The second-order valence-electron chi connectivity index (χ2n) is 6.60. The molecule has 0 bridgehead atoms. The lowest BCUT2D eigenvalue weighted by Gasteiger charge is -2.25. The third-order valence-electron chi connectivity index (χ3n) is 3.71. The van der Waals surface area contributed by atoms with E-state index in [0.29, 0.717) is 5.75 Å². The summed E-state index contributed by atoms with van der Waals surface area (Å²) in [6.07, 6.45) is 1.95. The number of hydrogen-bond donors (Lipinski definition) is 0. The Labute approximate surface area is 138 Å². The summed E-state index contributed by atoms with van der Waals surface area (Å²) in [6, 6.07) is 16.0. The van der Waals surface area contributed by atoms with Gasteiger partial charge in [0.25, 0.3) is 0 Å². The molecule has 2 rings (SSSR count). The van der Waals surface area contributed by atoms with E-state index < -0.39 is 0 Å². The Bertz CT molecular complexity index is 640. The van der Waals surface area contributed by atoms with Crippen LogP contribution in [0.4, 0.5) is 0 Å². The van der Waals surface area contributed by atoms with E-state index in [9.17, 15) is 4.79 Å². The Kier molecular flexibility index (Phi) is 5.43. The zero-order valence-corrected chi connectivity index (χ0v) is 14.3. The summed E-state index contributed by atoms with van der Waals surface area (Å²) >= 11 is 0. The Hall–Kier alpha value is -2.29. The first kappa shape index (κ1) is 17.1. The second-order valence-corrected chi connectivity index (χ2v) is 6.60. The van der Waals surface area contributed by atoms with Crippen LogP contribution in [0.5, 0.6) is 11.5 Å². The molecule has 0 aliphatic heterocycles. The van der Waals surface area contributed by atoms with Crippen molar-refractivity contribution < 1.29 is 14.3 Å². The highest BCUT2D eigenvalue weighted by atomic mass is 16.5. The second kappa shape index (κ2) is 7.32. The number of esters is 1. The third kappa shape index (κ3) is 5.44. The Morgan fingerprint density at radius 1 is 0.870 bits per heavy atom. The summed E-state index contributed by atoms with van der Waals surface area (Å²) in [7, 11) is 1.68. The van der Waals surface area contributed by atoms with Gasteiger partial charge in [-0.3, -0.25) is 4.79 Å². The molecule has 0 N–H and O–H groups in total. The van der Waals surface area contributed by atoms with Crippen LogP contribution < -0.4 is 9.47 Å². The molecule has 0 saturated carbocycles. The number of benzene rings is 2. The van der Waals surface area contributed by atoms with E-state index in [2.05, 4.69) is 26.0 Å². The van der Waals surface area contributed by atoms with Crippen molar-refractivity contribution in [2.45, 2.75) is 33.6 Å². The zero-order chi connectivity index (χ0) is 16.9. The van der Waals surface area contributed by atoms with E-state index in [1.165, 1.54) is 18.1 Å². The fourth-order valence-electron chi connectivity index (χ4n) is 2.75. The van der Waals surface area contributed by atoms with Gasteiger partial charge in [-0.2, -0.15) is 0 Å². The molecule has 0 amide bonds. The monoisotopic (exact) mass is 312 g/mol. The van der Waals surface area contributed by atoms with Gasteiger partial charge in [0, 0.05) is 6.92 Å². The quantitative estimate of drug-likeness (QED) is 0.584. The predicted octanol–water partition coefficient (Wildman–Crippen LogP) is 4.43. The molecule has 3 heteroatoms. The van der Waals surface area contributed by atoms with Gasteiger partial charge in [-0.15, -0.1) is 0 Å². The molecule has 0 heterocycles. The first-order valence-corrected chi connectivity index (χ1v) is 7.78. The summed E-state index contributed by atoms with van der Waals surface area (Å²) in [5, 5.41) is 0. The van der Waals surface area contributed by atoms with Gasteiger partial charge in [0.1, 0.15) is 11.5 Å². The molecule has 0 aromatic heterocycles. The molecular formula is C20H24O3. The van der Waals surface area contributed by atoms with Gasteiger partial charge in [-0.05, 0) is 53.6 Å². The maximum absolute atomic E-state index is 10.9. The highest BCUT2D eigenvalue weighted by molar-refractivity contribution is 5.69. The fraction of sp³-hybridized carbons (Fsp3) is 0.350. The van der Waals surface area contributed by atoms with Crippen molar-refractivity contribution in [2.24, 2.45) is 5.41 Å². The Morgan fingerprint density at radius 3 is 1.70 bits per heavy atom. The highest BCUT2D eigenvalue weighted by Crippen LogP contribution is 2.28. The van der Waals surface area contributed by atoms with Crippen LogP contribution in [0.3, 0.4) is 0 Å². The SMILES string of the molecule is COc1ccc(CC(C)(C)Cc2ccc(OC(C)=O)cc2)cc1. The van der Waals surface area contributed by atoms with Crippen LogP contribution in [0.1, 0.15) is 31.9 Å². The van der Waals surface area contributed by atoms with Crippen molar-refractivity contribution in [3.63, 3.8) is 0 Å². The minimum Gasteiger partial charge on any atom is -0.497 e. The summed E-state index contributed by atoms with van der Waals surface area (Å²) in [5.41, 5.74) is 2.67. The number of hydrogen-bond acceptors (Lipinski definition) is 3. The molecule has 23 heavy (non-hydrogen) atoms. The average Bonchev–Trinajstić information content (AvgIpc) is 2.49. The van der Waals surface area contributed by atoms with E-state index >= 15 is 0 Å². The molecule has 0 aliphatic carbocycles. The van der Waals surface area contributed by atoms with Gasteiger partial charge >= 0.3 is 5.97 Å². The minimum absolute atomic E-state index is 0.136. The average molecular weight is 312 g/mol. The summed E-state index contributed by atoms with van der Waals surface area (Å²) in [4.78, 5) is 10.9. The Balaban J connectivity index is 2.00. The summed E-state index contributed by atoms with van der Waals surface area (Å²) < 4.78 is 10.3. The maximum Gasteiger partial charge on any atom is 0.308 e. The molecular weight excluding hydrogens is 288 g/mol. The van der Waals surface area contributed by atoms with Gasteiger partial charge in [0.2, 0.25) is 0 Å². The minimum atomic E-state index is -0.294. The van der Waals surface area contributed by atoms with Gasteiger partial charge in [-0.25, -0.2) is 0 Å². The molecule has 0 saturated heterocycles. The van der Waals surface area contributed by atoms with E-state index in [1.54, 1.807) is 7.11 Å². The molecule has 0 radical (unpaired) electrons. The number of carbonyl (C=O) groups is 1. The standard InChI is InChI=1S/C20H24O3/c1-15(21)23-19-11-7-17(8-12-19)14-20(2,3)13-16-5-9-18(22-4)10-6-16/h5-12H,13-14H2,1-4H3. The number of carbonyl (C=O) groups excluding carboxylic acids is 1. The largest absolute Gasteiger partial charge is 0.497 e. The third-order valence-corrected chi connectivity index (χ3v) is 3.71. The van der Waals surface area contributed by atoms with Crippen LogP contribution in [0, 0.1) is 5.41 Å². The van der Waals surface area contributed by atoms with Crippen LogP contribution in [-0.2, 0) is 17.6 Å². The lowest BCUT2D eigenvalue weighted by Crippen LogP contribution is -2.18. The van der Waals surface area contributed by atoms with Crippen LogP contribution in [0.2, 0.25) is 0 Å². The Morgan fingerprint density at radius 2 is 1.30 bits per heavy atom. The van der Waals surface area contributed by atoms with E-state index in [4.69, 9.17) is 9.47 Å². The highest BCUT2D eigenvalue weighted by Gasteiger charge is 2.19. The van der Waals surface area contributed by atoms with Crippen LogP contribution in [-0.4, -0.2) is 13.1 Å². The number of methoxy groups -OCH3 is 1. The fourth-order valence-corrected chi connectivity index (χ4v) is 2.75. The van der Waals surface area contributed by atoms with Crippen molar-refractivity contribution in [2.75, 3.05) is 7.11 Å². The van der Waals surface area contributed by atoms with Gasteiger partial charge in [-0.1, -0.05) is 38.1 Å². The normalized spacial score (nSPS) is 11.1. The van der Waals surface area contributed by atoms with E-state index in [1.807, 2.05) is 36.4 Å². The number of rotatable bonds is 6. The molecule has 2 aromatic rings. The molecule has 3 nitrogen and oxygen atoms in total. The van der Waals surface area contributed by atoms with Crippen LogP contribution in [0.15, 0.2) is 48.5 Å². The first-order valence-electron chi connectivity index (χ1n) is 7.78. The van der Waals surface area contributed by atoms with Crippen molar-refractivity contribution in [3.05, 3.63) is 59.7 Å². The van der Waals surface area contributed by atoms with E-state index in [-0.39, 0.29) is 11.4 Å². The predicted molar refractivity (Wildman–Crippen MR) is 91.9 cm³/mol. The van der Waals surface area contributed by atoms with Crippen molar-refractivity contribution in [1.82, 2.24) is 0 Å². The van der Waals surface area contributed by atoms with Crippen molar-refractivity contribution >= 4 is 5.97 Å². The maximum atomic E-state index is 10.9.